The number of rotatable bonds is 5. The third-order valence-corrected chi connectivity index (χ3v) is 11.1. The summed E-state index contributed by atoms with van der Waals surface area (Å²) in [5, 5.41) is 10.9. The van der Waals surface area contributed by atoms with Crippen LogP contribution in [0.25, 0.3) is 0 Å². The van der Waals surface area contributed by atoms with Gasteiger partial charge in [-0.1, -0.05) is 52.4 Å². The highest BCUT2D eigenvalue weighted by atomic mass is 32.2. The quantitative estimate of drug-likeness (QED) is 0.744. The van der Waals surface area contributed by atoms with Crippen LogP contribution in [-0.4, -0.2) is 41.8 Å². The molecule has 0 aromatic rings. The average Bonchev–Trinajstić information content (AvgIpc) is 2.97. The molecule has 1 N–H and O–H groups in total. The van der Waals surface area contributed by atoms with Crippen LogP contribution >= 0.6 is 0 Å². The molecule has 2 bridgehead atoms. The maximum absolute atomic E-state index is 13.9. The Morgan fingerprint density at radius 2 is 1.41 bits per heavy atom. The van der Waals surface area contributed by atoms with Gasteiger partial charge in [0.25, 0.3) is 0 Å². The number of hydrogen-bond acceptors (Lipinski definition) is 3. The van der Waals surface area contributed by atoms with Crippen LogP contribution in [0, 0.1) is 16.7 Å². The van der Waals surface area contributed by atoms with Crippen LogP contribution in [-0.2, 0) is 10.0 Å². The zero-order valence-electron chi connectivity index (χ0n) is 17.3. The molecule has 5 heteroatoms. The number of aliphatic hydroxyl groups excluding tert-OH is 1. The van der Waals surface area contributed by atoms with E-state index in [1.54, 1.807) is 0 Å². The molecule has 4 aliphatic rings. The van der Waals surface area contributed by atoms with Crippen LogP contribution in [0.15, 0.2) is 0 Å². The highest BCUT2D eigenvalue weighted by molar-refractivity contribution is 7.89. The lowest BCUT2D eigenvalue weighted by molar-refractivity contribution is 0.0136. The molecule has 4 aliphatic carbocycles. The molecule has 4 fully saturated rings. The first kappa shape index (κ1) is 20.2. The molecule has 0 saturated heterocycles. The summed E-state index contributed by atoms with van der Waals surface area (Å²) in [4.78, 5) is 0. The zero-order valence-corrected chi connectivity index (χ0v) is 18.1. The van der Waals surface area contributed by atoms with E-state index in [-0.39, 0.29) is 23.3 Å². The molecular weight excluding hydrogens is 358 g/mol. The van der Waals surface area contributed by atoms with Crippen molar-refractivity contribution in [1.82, 2.24) is 4.31 Å². The summed E-state index contributed by atoms with van der Waals surface area (Å²) in [7, 11) is -3.38. The van der Waals surface area contributed by atoms with E-state index in [0.717, 1.165) is 70.6 Å². The normalized spacial score (nSPS) is 37.9. The van der Waals surface area contributed by atoms with Crippen molar-refractivity contribution in [3.8, 4) is 0 Å². The Labute approximate surface area is 166 Å². The molecule has 0 radical (unpaired) electrons. The van der Waals surface area contributed by atoms with E-state index in [0.29, 0.717) is 5.92 Å². The van der Waals surface area contributed by atoms with Crippen LogP contribution < -0.4 is 0 Å². The summed E-state index contributed by atoms with van der Waals surface area (Å²) in [6.07, 6.45) is 13.5. The molecule has 4 rings (SSSR count). The molecule has 0 aliphatic heterocycles. The Morgan fingerprint density at radius 1 is 0.889 bits per heavy atom. The Hall–Kier alpha value is -0.130. The van der Waals surface area contributed by atoms with Gasteiger partial charge < -0.3 is 5.11 Å². The molecule has 156 valence electrons. The molecule has 0 aromatic carbocycles. The van der Waals surface area contributed by atoms with Crippen molar-refractivity contribution in [2.75, 3.05) is 5.75 Å². The van der Waals surface area contributed by atoms with E-state index in [4.69, 9.17) is 0 Å². The van der Waals surface area contributed by atoms with Gasteiger partial charge in [-0.05, 0) is 56.3 Å². The van der Waals surface area contributed by atoms with Crippen molar-refractivity contribution in [3.05, 3.63) is 0 Å². The van der Waals surface area contributed by atoms with Gasteiger partial charge in [-0.25, -0.2) is 8.42 Å². The minimum Gasteiger partial charge on any atom is -0.392 e. The van der Waals surface area contributed by atoms with E-state index >= 15 is 0 Å². The Bertz CT molecular complexity index is 616. The van der Waals surface area contributed by atoms with Gasteiger partial charge in [0.15, 0.2) is 0 Å². The Kier molecular flexibility index (Phi) is 5.44. The average molecular weight is 398 g/mol. The number of fused-ring (bicyclic) bond motifs is 2. The predicted molar refractivity (Wildman–Crippen MR) is 109 cm³/mol. The SMILES string of the molecule is CC1(C)[C@@H]2CC[C@]1(CS(=O)(=O)N(C1CCCCC1)C1CCCCC1)[C@H](O)C2. The van der Waals surface area contributed by atoms with Crippen LogP contribution in [0.5, 0.6) is 0 Å². The largest absolute Gasteiger partial charge is 0.392 e. The summed E-state index contributed by atoms with van der Waals surface area (Å²) < 4.78 is 29.8. The lowest BCUT2D eigenvalue weighted by atomic mass is 9.70. The third kappa shape index (κ3) is 3.30. The Morgan fingerprint density at radius 3 is 1.81 bits per heavy atom. The fraction of sp³-hybridized carbons (Fsp3) is 1.00. The molecule has 4 saturated carbocycles. The van der Waals surface area contributed by atoms with E-state index in [1.807, 2.05) is 4.31 Å². The van der Waals surface area contributed by atoms with Crippen molar-refractivity contribution >= 4 is 10.0 Å². The fourth-order valence-corrected chi connectivity index (χ4v) is 10.0. The second kappa shape index (κ2) is 7.28. The minimum absolute atomic E-state index is 0.0791. The summed E-state index contributed by atoms with van der Waals surface area (Å²) >= 11 is 0. The zero-order chi connectivity index (χ0) is 19.3. The van der Waals surface area contributed by atoms with E-state index in [2.05, 4.69) is 13.8 Å². The van der Waals surface area contributed by atoms with Gasteiger partial charge in [-0.3, -0.25) is 0 Å². The van der Waals surface area contributed by atoms with Crippen LogP contribution in [0.4, 0.5) is 0 Å². The fourth-order valence-electron chi connectivity index (χ4n) is 7.20. The molecule has 4 nitrogen and oxygen atoms in total. The third-order valence-electron chi connectivity index (χ3n) is 9.02. The predicted octanol–water partition coefficient (Wildman–Crippen LogP) is 4.47. The lowest BCUT2D eigenvalue weighted by Crippen LogP contribution is -2.54. The van der Waals surface area contributed by atoms with E-state index in [1.165, 1.54) is 12.8 Å². The highest BCUT2D eigenvalue weighted by Crippen LogP contribution is 2.66. The molecule has 0 unspecified atom stereocenters. The van der Waals surface area contributed by atoms with Crippen LogP contribution in [0.2, 0.25) is 0 Å². The Balaban J connectivity index is 1.64. The smallest absolute Gasteiger partial charge is 0.215 e. The van der Waals surface area contributed by atoms with Crippen molar-refractivity contribution in [2.24, 2.45) is 16.7 Å². The first-order valence-electron chi connectivity index (χ1n) is 11.5. The number of nitrogens with zero attached hydrogens (tertiary/aromatic N) is 1. The molecule has 3 atom stereocenters. The molecule has 27 heavy (non-hydrogen) atoms. The van der Waals surface area contributed by atoms with E-state index in [9.17, 15) is 13.5 Å². The number of hydrogen-bond donors (Lipinski definition) is 1. The molecule has 0 spiro atoms. The minimum atomic E-state index is -3.38. The molecular formula is C22H39NO3S. The molecule has 0 amide bonds. The molecule has 0 heterocycles. The topological polar surface area (TPSA) is 57.6 Å². The van der Waals surface area contributed by atoms with Crippen molar-refractivity contribution < 1.29 is 13.5 Å². The van der Waals surface area contributed by atoms with Gasteiger partial charge in [0.1, 0.15) is 0 Å². The van der Waals surface area contributed by atoms with Crippen LogP contribution in [0.3, 0.4) is 0 Å². The van der Waals surface area contributed by atoms with Gasteiger partial charge in [-0.15, -0.1) is 0 Å². The van der Waals surface area contributed by atoms with Crippen molar-refractivity contribution in [1.29, 1.82) is 0 Å². The number of sulfonamides is 1. The van der Waals surface area contributed by atoms with E-state index < -0.39 is 21.5 Å². The summed E-state index contributed by atoms with van der Waals surface area (Å²) in [5.41, 5.74) is -0.525. The van der Waals surface area contributed by atoms with Crippen molar-refractivity contribution in [2.45, 2.75) is 116 Å². The van der Waals surface area contributed by atoms with Gasteiger partial charge in [0.2, 0.25) is 10.0 Å². The summed E-state index contributed by atoms with van der Waals surface area (Å²) in [6.45, 7) is 4.42. The van der Waals surface area contributed by atoms with Gasteiger partial charge in [0.05, 0.1) is 11.9 Å². The maximum atomic E-state index is 13.9. The van der Waals surface area contributed by atoms with Crippen molar-refractivity contribution in [3.63, 3.8) is 0 Å². The number of aliphatic hydroxyl groups is 1. The summed E-state index contributed by atoms with van der Waals surface area (Å²) in [6, 6.07) is 0.393. The molecule has 0 aromatic heterocycles. The maximum Gasteiger partial charge on any atom is 0.215 e. The second-order valence-electron chi connectivity index (χ2n) is 10.5. The lowest BCUT2D eigenvalue weighted by Gasteiger charge is -2.45. The van der Waals surface area contributed by atoms with Gasteiger partial charge in [-0.2, -0.15) is 4.31 Å². The van der Waals surface area contributed by atoms with Gasteiger partial charge in [0, 0.05) is 17.5 Å². The van der Waals surface area contributed by atoms with Crippen LogP contribution in [0.1, 0.15) is 97.3 Å². The first-order chi connectivity index (χ1) is 12.8. The standard InChI is InChI=1S/C22H39NO3S/c1-21(2)17-13-14-22(21,20(24)15-17)16-27(25,26)23(18-9-5-3-6-10-18)19-11-7-4-8-12-19/h17-20,24H,3-16H2,1-2H3/t17-,20-,22+/m1/s1. The first-order valence-corrected chi connectivity index (χ1v) is 13.1. The highest BCUT2D eigenvalue weighted by Gasteiger charge is 2.65. The monoisotopic (exact) mass is 397 g/mol. The summed E-state index contributed by atoms with van der Waals surface area (Å²) in [5.74, 6) is 0.637. The second-order valence-corrected chi connectivity index (χ2v) is 12.4. The van der Waals surface area contributed by atoms with Gasteiger partial charge >= 0.3 is 0 Å².